The van der Waals surface area contributed by atoms with E-state index in [9.17, 15) is 9.59 Å². The van der Waals surface area contributed by atoms with Crippen LogP contribution >= 0.6 is 0 Å². The van der Waals surface area contributed by atoms with E-state index in [1.165, 1.54) is 11.1 Å². The molecular formula is C19H27N3O3. The number of ether oxygens (including phenoxy) is 1. The second-order valence-electron chi connectivity index (χ2n) is 7.03. The topological polar surface area (TPSA) is 70.7 Å². The maximum absolute atomic E-state index is 12.7. The monoisotopic (exact) mass is 345 g/mol. The van der Waals surface area contributed by atoms with Gasteiger partial charge in [0.2, 0.25) is 5.91 Å². The number of piperazine rings is 1. The second kappa shape index (κ2) is 7.44. The molecule has 2 fully saturated rings. The molecule has 2 aliphatic rings. The Morgan fingerprint density at radius 1 is 1.36 bits per heavy atom. The Morgan fingerprint density at radius 3 is 2.80 bits per heavy atom. The van der Waals surface area contributed by atoms with Crippen molar-refractivity contribution in [1.29, 1.82) is 0 Å². The van der Waals surface area contributed by atoms with Crippen molar-refractivity contribution in [2.24, 2.45) is 0 Å². The fraction of sp³-hybridized carbons (Fsp3) is 0.579. The van der Waals surface area contributed by atoms with Crippen molar-refractivity contribution in [3.8, 4) is 0 Å². The molecule has 1 unspecified atom stereocenters. The van der Waals surface area contributed by atoms with Crippen LogP contribution in [0.3, 0.4) is 0 Å². The van der Waals surface area contributed by atoms with Crippen LogP contribution in [0.4, 0.5) is 4.79 Å². The van der Waals surface area contributed by atoms with Crippen LogP contribution in [0.2, 0.25) is 0 Å². The van der Waals surface area contributed by atoms with Crippen molar-refractivity contribution >= 4 is 11.9 Å². The van der Waals surface area contributed by atoms with Crippen molar-refractivity contribution in [2.45, 2.75) is 38.1 Å². The minimum atomic E-state index is -0.433. The summed E-state index contributed by atoms with van der Waals surface area (Å²) in [5.41, 5.74) is 2.41. The van der Waals surface area contributed by atoms with E-state index in [0.717, 1.165) is 12.8 Å². The van der Waals surface area contributed by atoms with Crippen LogP contribution in [0.1, 0.15) is 30.9 Å². The fourth-order valence-electron chi connectivity index (χ4n) is 3.88. The summed E-state index contributed by atoms with van der Waals surface area (Å²) < 4.78 is 5.56. The Hall–Kier alpha value is -2.08. The summed E-state index contributed by atoms with van der Waals surface area (Å²) in [5, 5.41) is 5.88. The van der Waals surface area contributed by atoms with Crippen LogP contribution < -0.4 is 10.6 Å². The van der Waals surface area contributed by atoms with Gasteiger partial charge in [-0.25, -0.2) is 4.79 Å². The van der Waals surface area contributed by atoms with Gasteiger partial charge in [-0.2, -0.15) is 0 Å². The van der Waals surface area contributed by atoms with Crippen LogP contribution in [0.25, 0.3) is 0 Å². The Labute approximate surface area is 148 Å². The van der Waals surface area contributed by atoms with E-state index in [4.69, 9.17) is 4.74 Å². The van der Waals surface area contributed by atoms with Gasteiger partial charge in [0, 0.05) is 38.3 Å². The van der Waals surface area contributed by atoms with Crippen molar-refractivity contribution in [3.63, 3.8) is 0 Å². The van der Waals surface area contributed by atoms with E-state index in [-0.39, 0.29) is 17.4 Å². The van der Waals surface area contributed by atoms with Crippen molar-refractivity contribution in [3.05, 3.63) is 35.4 Å². The molecule has 136 valence electrons. The molecule has 2 aliphatic heterocycles. The first-order chi connectivity index (χ1) is 12.0. The smallest absolute Gasteiger partial charge is 0.318 e. The van der Waals surface area contributed by atoms with Gasteiger partial charge in [-0.05, 0) is 37.8 Å². The lowest BCUT2D eigenvalue weighted by Crippen LogP contribution is -2.59. The maximum Gasteiger partial charge on any atom is 0.318 e. The molecule has 25 heavy (non-hydrogen) atoms. The predicted molar refractivity (Wildman–Crippen MR) is 95.5 cm³/mol. The molecule has 1 aromatic rings. The van der Waals surface area contributed by atoms with Crippen molar-refractivity contribution < 1.29 is 14.3 Å². The molecule has 6 nitrogen and oxygen atoms in total. The molecule has 1 aromatic carbocycles. The molecule has 2 heterocycles. The fourth-order valence-corrected chi connectivity index (χ4v) is 3.88. The number of amides is 3. The Kier molecular flexibility index (Phi) is 5.27. The summed E-state index contributed by atoms with van der Waals surface area (Å²) in [6.45, 7) is 6.89. The van der Waals surface area contributed by atoms with Crippen LogP contribution in [0.5, 0.6) is 0 Å². The van der Waals surface area contributed by atoms with Gasteiger partial charge in [-0.1, -0.05) is 24.3 Å². The number of hydrogen-bond donors (Lipinski definition) is 2. The molecule has 0 radical (unpaired) electrons. The Balaban J connectivity index is 1.74. The van der Waals surface area contributed by atoms with Gasteiger partial charge in [-0.3, -0.25) is 4.79 Å². The van der Waals surface area contributed by atoms with Gasteiger partial charge in [0.05, 0.1) is 0 Å². The predicted octanol–water partition coefficient (Wildman–Crippen LogP) is 1.57. The van der Waals surface area contributed by atoms with Crippen LogP contribution in [-0.2, 0) is 14.9 Å². The standard InChI is InChI=1S/C19H27N3O3/c1-14-5-3-4-6-16(14)19(7-11-25-12-8-19)13-21-18(24)22-10-9-20-17(23)15(22)2/h3-6,15H,7-13H2,1-2H3,(H,20,23)(H,21,24). The van der Waals surface area contributed by atoms with E-state index < -0.39 is 6.04 Å². The molecule has 0 spiro atoms. The normalized spacial score (nSPS) is 23.0. The lowest BCUT2D eigenvalue weighted by Gasteiger charge is -2.40. The van der Waals surface area contributed by atoms with E-state index in [0.29, 0.717) is 32.8 Å². The molecule has 2 N–H and O–H groups in total. The Morgan fingerprint density at radius 2 is 2.08 bits per heavy atom. The van der Waals surface area contributed by atoms with Gasteiger partial charge in [-0.15, -0.1) is 0 Å². The number of hydrogen-bond acceptors (Lipinski definition) is 3. The highest BCUT2D eigenvalue weighted by molar-refractivity contribution is 5.87. The number of nitrogens with one attached hydrogen (secondary N) is 2. The van der Waals surface area contributed by atoms with Gasteiger partial charge < -0.3 is 20.3 Å². The zero-order valence-corrected chi connectivity index (χ0v) is 15.0. The third kappa shape index (κ3) is 3.63. The highest BCUT2D eigenvalue weighted by Gasteiger charge is 2.37. The number of carbonyl (C=O) groups excluding carboxylic acids is 2. The minimum Gasteiger partial charge on any atom is -0.381 e. The molecule has 6 heteroatoms. The molecule has 0 aliphatic carbocycles. The zero-order valence-electron chi connectivity index (χ0n) is 15.0. The summed E-state index contributed by atoms with van der Waals surface area (Å²) in [6.07, 6.45) is 1.77. The molecular weight excluding hydrogens is 318 g/mol. The number of rotatable bonds is 3. The molecule has 0 aromatic heterocycles. The number of carbonyl (C=O) groups is 2. The van der Waals surface area contributed by atoms with Crippen LogP contribution in [-0.4, -0.2) is 55.7 Å². The van der Waals surface area contributed by atoms with Crippen LogP contribution in [0, 0.1) is 6.92 Å². The first kappa shape index (κ1) is 17.7. The van der Waals surface area contributed by atoms with Gasteiger partial charge in [0.25, 0.3) is 0 Å². The first-order valence-electron chi connectivity index (χ1n) is 8.99. The summed E-state index contributed by atoms with van der Waals surface area (Å²) in [4.78, 5) is 26.1. The van der Waals surface area contributed by atoms with Crippen LogP contribution in [0.15, 0.2) is 24.3 Å². The third-order valence-electron chi connectivity index (χ3n) is 5.50. The summed E-state index contributed by atoms with van der Waals surface area (Å²) >= 11 is 0. The van der Waals surface area contributed by atoms with E-state index >= 15 is 0 Å². The number of aryl methyl sites for hydroxylation is 1. The maximum atomic E-state index is 12.7. The van der Waals surface area contributed by atoms with Crippen molar-refractivity contribution in [2.75, 3.05) is 32.8 Å². The molecule has 2 saturated heterocycles. The lowest BCUT2D eigenvalue weighted by molar-refractivity contribution is -0.126. The largest absolute Gasteiger partial charge is 0.381 e. The highest BCUT2D eigenvalue weighted by Crippen LogP contribution is 2.36. The molecule has 0 saturated carbocycles. The highest BCUT2D eigenvalue weighted by atomic mass is 16.5. The van der Waals surface area contributed by atoms with E-state index in [1.54, 1.807) is 11.8 Å². The minimum absolute atomic E-state index is 0.0962. The molecule has 3 amide bonds. The van der Waals surface area contributed by atoms with E-state index in [2.05, 4.69) is 35.8 Å². The first-order valence-corrected chi connectivity index (χ1v) is 8.99. The second-order valence-corrected chi connectivity index (χ2v) is 7.03. The Bertz CT molecular complexity index is 641. The zero-order chi connectivity index (χ0) is 17.9. The SMILES string of the molecule is Cc1ccccc1C1(CNC(=O)N2CCNC(=O)C2C)CCOCC1. The average molecular weight is 345 g/mol. The van der Waals surface area contributed by atoms with Crippen molar-refractivity contribution in [1.82, 2.24) is 15.5 Å². The molecule has 0 bridgehead atoms. The summed E-state index contributed by atoms with van der Waals surface area (Å²) in [7, 11) is 0. The van der Waals surface area contributed by atoms with Gasteiger partial charge in [0.15, 0.2) is 0 Å². The van der Waals surface area contributed by atoms with Gasteiger partial charge >= 0.3 is 6.03 Å². The lowest BCUT2D eigenvalue weighted by atomic mass is 9.72. The number of urea groups is 1. The molecule has 3 rings (SSSR count). The summed E-state index contributed by atoms with van der Waals surface area (Å²) in [6, 6.07) is 7.77. The third-order valence-corrected chi connectivity index (χ3v) is 5.50. The van der Waals surface area contributed by atoms with Gasteiger partial charge in [0.1, 0.15) is 6.04 Å². The van der Waals surface area contributed by atoms with E-state index in [1.807, 2.05) is 6.07 Å². The number of nitrogens with zero attached hydrogens (tertiary/aromatic N) is 1. The summed E-state index contributed by atoms with van der Waals surface area (Å²) in [5.74, 6) is -0.0962. The quantitative estimate of drug-likeness (QED) is 0.874. The average Bonchev–Trinajstić information content (AvgIpc) is 2.63. The number of benzene rings is 1. The molecule has 1 atom stereocenters.